The van der Waals surface area contributed by atoms with Gasteiger partial charge in [-0.15, -0.1) is 6.58 Å². The summed E-state index contributed by atoms with van der Waals surface area (Å²) in [6, 6.07) is 16.4. The van der Waals surface area contributed by atoms with Crippen LogP contribution in [0, 0.1) is 0 Å². The Labute approximate surface area is 149 Å². The van der Waals surface area contributed by atoms with Crippen molar-refractivity contribution in [2.24, 2.45) is 0 Å². The predicted molar refractivity (Wildman–Crippen MR) is 101 cm³/mol. The van der Waals surface area contributed by atoms with Gasteiger partial charge < -0.3 is 9.64 Å². The fourth-order valence-corrected chi connectivity index (χ4v) is 3.56. The number of nitrogens with zero attached hydrogens (tertiary/aromatic N) is 1. The van der Waals surface area contributed by atoms with E-state index in [2.05, 4.69) is 30.8 Å². The van der Waals surface area contributed by atoms with Crippen molar-refractivity contribution in [3.63, 3.8) is 0 Å². The molecule has 0 aliphatic heterocycles. The SMILES string of the molecule is C=CCN(Cc1ccc(OC)cc1)C(=O)CC1CCc2ccccc21. The van der Waals surface area contributed by atoms with E-state index in [9.17, 15) is 4.79 Å². The lowest BCUT2D eigenvalue weighted by atomic mass is 9.97. The third kappa shape index (κ3) is 4.11. The van der Waals surface area contributed by atoms with Gasteiger partial charge in [0, 0.05) is 19.5 Å². The fraction of sp³-hybridized carbons (Fsp3) is 0.318. The average molecular weight is 335 g/mol. The van der Waals surface area contributed by atoms with Gasteiger partial charge in [-0.2, -0.15) is 0 Å². The van der Waals surface area contributed by atoms with Crippen LogP contribution in [0.5, 0.6) is 5.75 Å². The molecule has 0 N–H and O–H groups in total. The zero-order valence-electron chi connectivity index (χ0n) is 14.8. The lowest BCUT2D eigenvalue weighted by Gasteiger charge is -2.23. The third-order valence-corrected chi connectivity index (χ3v) is 4.91. The summed E-state index contributed by atoms with van der Waals surface area (Å²) in [6.07, 6.45) is 4.51. The molecule has 3 nitrogen and oxygen atoms in total. The normalized spacial score (nSPS) is 15.5. The minimum atomic E-state index is 0.192. The van der Waals surface area contributed by atoms with E-state index in [0.717, 1.165) is 24.2 Å². The van der Waals surface area contributed by atoms with Gasteiger partial charge in [0.15, 0.2) is 0 Å². The molecule has 1 aliphatic carbocycles. The van der Waals surface area contributed by atoms with Crippen molar-refractivity contribution in [3.05, 3.63) is 77.9 Å². The highest BCUT2D eigenvalue weighted by Crippen LogP contribution is 2.35. The Morgan fingerprint density at radius 1 is 1.24 bits per heavy atom. The summed E-state index contributed by atoms with van der Waals surface area (Å²) in [5, 5.41) is 0. The van der Waals surface area contributed by atoms with Gasteiger partial charge >= 0.3 is 0 Å². The van der Waals surface area contributed by atoms with E-state index >= 15 is 0 Å². The molecule has 0 heterocycles. The van der Waals surface area contributed by atoms with Gasteiger partial charge in [-0.25, -0.2) is 0 Å². The van der Waals surface area contributed by atoms with Crippen molar-refractivity contribution in [2.75, 3.05) is 13.7 Å². The maximum Gasteiger partial charge on any atom is 0.223 e. The Balaban J connectivity index is 1.67. The van der Waals surface area contributed by atoms with E-state index in [-0.39, 0.29) is 5.91 Å². The number of aryl methyl sites for hydroxylation is 1. The smallest absolute Gasteiger partial charge is 0.223 e. The summed E-state index contributed by atoms with van der Waals surface area (Å²) in [6.45, 7) is 4.97. The Bertz CT molecular complexity index is 736. The molecule has 0 saturated heterocycles. The molecule has 3 rings (SSSR count). The van der Waals surface area contributed by atoms with E-state index in [0.29, 0.717) is 25.4 Å². The Kier molecular flexibility index (Phi) is 5.54. The van der Waals surface area contributed by atoms with Gasteiger partial charge in [-0.1, -0.05) is 42.5 Å². The zero-order valence-corrected chi connectivity index (χ0v) is 14.8. The van der Waals surface area contributed by atoms with Crippen molar-refractivity contribution in [2.45, 2.75) is 31.7 Å². The van der Waals surface area contributed by atoms with Crippen LogP contribution in [-0.2, 0) is 17.8 Å². The molecule has 0 fully saturated rings. The Morgan fingerprint density at radius 3 is 2.72 bits per heavy atom. The molecule has 2 aromatic carbocycles. The lowest BCUT2D eigenvalue weighted by Crippen LogP contribution is -2.31. The van der Waals surface area contributed by atoms with Crippen LogP contribution >= 0.6 is 0 Å². The first kappa shape index (κ1) is 17.3. The molecule has 25 heavy (non-hydrogen) atoms. The summed E-state index contributed by atoms with van der Waals surface area (Å²) in [4.78, 5) is 14.8. The number of carbonyl (C=O) groups is 1. The second-order valence-corrected chi connectivity index (χ2v) is 6.55. The summed E-state index contributed by atoms with van der Waals surface area (Å²) < 4.78 is 5.19. The summed E-state index contributed by atoms with van der Waals surface area (Å²) in [5.41, 5.74) is 3.84. The van der Waals surface area contributed by atoms with Crippen molar-refractivity contribution in [1.82, 2.24) is 4.90 Å². The Morgan fingerprint density at radius 2 is 2.00 bits per heavy atom. The van der Waals surface area contributed by atoms with Crippen molar-refractivity contribution in [1.29, 1.82) is 0 Å². The highest BCUT2D eigenvalue weighted by atomic mass is 16.5. The molecule has 0 saturated carbocycles. The maximum atomic E-state index is 12.9. The van der Waals surface area contributed by atoms with E-state index < -0.39 is 0 Å². The van der Waals surface area contributed by atoms with Crippen LogP contribution in [0.3, 0.4) is 0 Å². The van der Waals surface area contributed by atoms with Crippen LogP contribution in [0.25, 0.3) is 0 Å². The summed E-state index contributed by atoms with van der Waals surface area (Å²) >= 11 is 0. The van der Waals surface area contributed by atoms with Crippen molar-refractivity contribution in [3.8, 4) is 5.75 Å². The number of methoxy groups -OCH3 is 1. The van der Waals surface area contributed by atoms with Crippen LogP contribution < -0.4 is 4.74 Å². The minimum Gasteiger partial charge on any atom is -0.497 e. The molecule has 1 unspecified atom stereocenters. The quantitative estimate of drug-likeness (QED) is 0.705. The molecule has 1 atom stereocenters. The number of ether oxygens (including phenoxy) is 1. The number of benzene rings is 2. The fourth-order valence-electron chi connectivity index (χ4n) is 3.56. The highest BCUT2D eigenvalue weighted by molar-refractivity contribution is 5.77. The van der Waals surface area contributed by atoms with Crippen molar-refractivity contribution >= 4 is 5.91 Å². The molecule has 0 bridgehead atoms. The van der Waals surface area contributed by atoms with Gasteiger partial charge in [0.1, 0.15) is 5.75 Å². The maximum absolute atomic E-state index is 12.9. The first-order valence-corrected chi connectivity index (χ1v) is 8.80. The van der Waals surface area contributed by atoms with Gasteiger partial charge in [0.25, 0.3) is 0 Å². The number of carbonyl (C=O) groups excluding carboxylic acids is 1. The predicted octanol–water partition coefficient (Wildman–Crippen LogP) is 4.33. The first-order chi connectivity index (χ1) is 12.2. The summed E-state index contributed by atoms with van der Waals surface area (Å²) in [5.74, 6) is 1.36. The lowest BCUT2D eigenvalue weighted by molar-refractivity contribution is -0.131. The van der Waals surface area contributed by atoms with Crippen LogP contribution in [0.1, 0.15) is 35.4 Å². The van der Waals surface area contributed by atoms with Gasteiger partial charge in [-0.05, 0) is 47.6 Å². The molecule has 1 aliphatic rings. The number of fused-ring (bicyclic) bond motifs is 1. The zero-order chi connectivity index (χ0) is 17.6. The van der Waals surface area contributed by atoms with E-state index in [1.165, 1.54) is 11.1 Å². The molecule has 2 aromatic rings. The monoisotopic (exact) mass is 335 g/mol. The second-order valence-electron chi connectivity index (χ2n) is 6.55. The molecule has 1 amide bonds. The largest absolute Gasteiger partial charge is 0.497 e. The van der Waals surface area contributed by atoms with Crippen LogP contribution in [0.15, 0.2) is 61.2 Å². The van der Waals surface area contributed by atoms with Gasteiger partial charge in [-0.3, -0.25) is 4.79 Å². The molecule has 3 heteroatoms. The second kappa shape index (κ2) is 8.02. The first-order valence-electron chi connectivity index (χ1n) is 8.80. The number of hydrogen-bond acceptors (Lipinski definition) is 2. The Hall–Kier alpha value is -2.55. The van der Waals surface area contributed by atoms with Crippen LogP contribution in [0.4, 0.5) is 0 Å². The van der Waals surface area contributed by atoms with Gasteiger partial charge in [0.05, 0.1) is 7.11 Å². The topological polar surface area (TPSA) is 29.5 Å². The molecule has 130 valence electrons. The van der Waals surface area contributed by atoms with E-state index in [1.54, 1.807) is 13.2 Å². The number of hydrogen-bond donors (Lipinski definition) is 0. The van der Waals surface area contributed by atoms with Crippen LogP contribution in [-0.4, -0.2) is 24.5 Å². The average Bonchev–Trinajstić information content (AvgIpc) is 3.05. The standard InChI is InChI=1S/C22H25NO2/c1-3-14-23(16-17-8-12-20(25-2)13-9-17)22(24)15-19-11-10-18-6-4-5-7-21(18)19/h3-9,12-13,19H,1,10-11,14-16H2,2H3. The molecule has 0 radical (unpaired) electrons. The third-order valence-electron chi connectivity index (χ3n) is 4.91. The number of rotatable bonds is 7. The minimum absolute atomic E-state index is 0.192. The highest BCUT2D eigenvalue weighted by Gasteiger charge is 2.26. The molecular weight excluding hydrogens is 310 g/mol. The van der Waals surface area contributed by atoms with Crippen molar-refractivity contribution < 1.29 is 9.53 Å². The molecule has 0 aromatic heterocycles. The molecule has 0 spiro atoms. The van der Waals surface area contributed by atoms with Gasteiger partial charge in [0.2, 0.25) is 5.91 Å². The van der Waals surface area contributed by atoms with E-state index in [4.69, 9.17) is 4.74 Å². The van der Waals surface area contributed by atoms with E-state index in [1.807, 2.05) is 29.2 Å². The summed E-state index contributed by atoms with van der Waals surface area (Å²) in [7, 11) is 1.65. The molecular formula is C22H25NO2. The number of amides is 1. The van der Waals surface area contributed by atoms with Crippen LogP contribution in [0.2, 0.25) is 0 Å².